The first kappa shape index (κ1) is 15.3. The highest BCUT2D eigenvalue weighted by molar-refractivity contribution is 5.84. The first-order valence-corrected chi connectivity index (χ1v) is 7.40. The highest BCUT2D eigenvalue weighted by Crippen LogP contribution is 2.26. The number of hydrogen-bond acceptors (Lipinski definition) is 4. The van der Waals surface area contributed by atoms with Crippen molar-refractivity contribution < 1.29 is 19.8 Å². The van der Waals surface area contributed by atoms with Crippen LogP contribution in [0.25, 0.3) is 0 Å². The van der Waals surface area contributed by atoms with E-state index in [1.54, 1.807) is 0 Å². The maximum atomic E-state index is 12.3. The molecule has 2 saturated heterocycles. The molecule has 2 unspecified atom stereocenters. The zero-order valence-corrected chi connectivity index (χ0v) is 11.9. The number of nitrogens with one attached hydrogen (secondary N) is 1. The summed E-state index contributed by atoms with van der Waals surface area (Å²) in [6, 6.07) is -0.866. The van der Waals surface area contributed by atoms with Crippen LogP contribution in [0.2, 0.25) is 0 Å². The average Bonchev–Trinajstić information content (AvgIpc) is 2.82. The van der Waals surface area contributed by atoms with Crippen molar-refractivity contribution in [3.8, 4) is 0 Å². The second kappa shape index (κ2) is 6.54. The number of aliphatic carboxylic acids is 1. The fraction of sp³-hybridized carbons (Fsp3) is 0.857. The Bertz CT molecular complexity index is 368. The molecule has 0 aromatic carbocycles. The van der Waals surface area contributed by atoms with Crippen LogP contribution in [-0.4, -0.2) is 58.8 Å². The largest absolute Gasteiger partial charge is 0.480 e. The van der Waals surface area contributed by atoms with Gasteiger partial charge in [0.1, 0.15) is 6.04 Å². The van der Waals surface area contributed by atoms with Crippen LogP contribution in [0, 0.1) is 11.8 Å². The smallest absolute Gasteiger partial charge is 0.326 e. The molecule has 2 heterocycles. The van der Waals surface area contributed by atoms with Crippen molar-refractivity contribution in [1.82, 2.24) is 10.2 Å². The lowest BCUT2D eigenvalue weighted by atomic mass is 9.85. The third-order valence-electron chi connectivity index (χ3n) is 4.52. The van der Waals surface area contributed by atoms with Crippen molar-refractivity contribution in [2.45, 2.75) is 44.8 Å². The van der Waals surface area contributed by atoms with Gasteiger partial charge in [-0.3, -0.25) is 4.79 Å². The Balaban J connectivity index is 1.91. The van der Waals surface area contributed by atoms with Crippen LogP contribution in [-0.2, 0) is 9.59 Å². The lowest BCUT2D eigenvalue weighted by molar-refractivity contribution is -0.148. The van der Waals surface area contributed by atoms with E-state index in [1.807, 2.05) is 0 Å². The molecule has 2 rings (SSSR count). The van der Waals surface area contributed by atoms with Crippen molar-refractivity contribution in [2.75, 3.05) is 19.6 Å². The van der Waals surface area contributed by atoms with Crippen molar-refractivity contribution in [3.05, 3.63) is 0 Å². The predicted octanol–water partition coefficient (Wildman–Crippen LogP) is 0.0586. The monoisotopic (exact) mass is 284 g/mol. The number of amides is 1. The molecule has 0 aromatic rings. The number of carbonyl (C=O) groups excluding carboxylic acids is 1. The van der Waals surface area contributed by atoms with Gasteiger partial charge in [-0.25, -0.2) is 4.79 Å². The summed E-state index contributed by atoms with van der Waals surface area (Å²) in [4.78, 5) is 24.8. The van der Waals surface area contributed by atoms with Crippen LogP contribution in [0.5, 0.6) is 0 Å². The summed E-state index contributed by atoms with van der Waals surface area (Å²) in [6.07, 6.45) is 2.03. The second-order valence-electron chi connectivity index (χ2n) is 6.08. The Morgan fingerprint density at radius 2 is 2.20 bits per heavy atom. The van der Waals surface area contributed by atoms with E-state index in [0.717, 1.165) is 25.9 Å². The summed E-state index contributed by atoms with van der Waals surface area (Å²) in [5.41, 5.74) is 0. The topological polar surface area (TPSA) is 89.9 Å². The number of hydrogen-bond donors (Lipinski definition) is 3. The zero-order valence-electron chi connectivity index (χ0n) is 11.9. The zero-order chi connectivity index (χ0) is 14.7. The molecule has 0 spiro atoms. The van der Waals surface area contributed by atoms with Crippen LogP contribution < -0.4 is 5.32 Å². The normalized spacial score (nSPS) is 32.1. The number of carbonyl (C=O) groups is 2. The van der Waals surface area contributed by atoms with Crippen LogP contribution in [0.1, 0.15) is 32.6 Å². The van der Waals surface area contributed by atoms with Crippen LogP contribution in [0.3, 0.4) is 0 Å². The van der Waals surface area contributed by atoms with Crippen LogP contribution in [0.4, 0.5) is 0 Å². The quantitative estimate of drug-likeness (QED) is 0.679. The number of carboxylic acid groups (broad SMARTS) is 1. The van der Waals surface area contributed by atoms with Crippen molar-refractivity contribution in [2.24, 2.45) is 11.8 Å². The average molecular weight is 284 g/mol. The standard InChI is InChI=1S/C14H24N2O4/c1-9(10-3-2-4-15-7-10)5-13(18)16-8-11(17)6-12(16)14(19)20/h9-12,15,17H,2-8H2,1H3,(H,19,20)/t9?,10?,11-,12-/m0/s1. The van der Waals surface area contributed by atoms with Crippen molar-refractivity contribution in [3.63, 3.8) is 0 Å². The molecule has 114 valence electrons. The van der Waals surface area contributed by atoms with Gasteiger partial charge in [0.25, 0.3) is 0 Å². The van der Waals surface area contributed by atoms with Gasteiger partial charge in [0, 0.05) is 19.4 Å². The molecule has 20 heavy (non-hydrogen) atoms. The van der Waals surface area contributed by atoms with Crippen molar-refractivity contribution in [1.29, 1.82) is 0 Å². The van der Waals surface area contributed by atoms with E-state index >= 15 is 0 Å². The van der Waals surface area contributed by atoms with Gasteiger partial charge in [0.15, 0.2) is 0 Å². The van der Waals surface area contributed by atoms with E-state index in [0.29, 0.717) is 12.3 Å². The molecule has 0 aliphatic carbocycles. The van der Waals surface area contributed by atoms with E-state index in [2.05, 4.69) is 12.2 Å². The van der Waals surface area contributed by atoms with Crippen LogP contribution in [0.15, 0.2) is 0 Å². The number of likely N-dealkylation sites (tertiary alicyclic amines) is 1. The first-order chi connectivity index (χ1) is 9.49. The van der Waals surface area contributed by atoms with E-state index < -0.39 is 18.1 Å². The highest BCUT2D eigenvalue weighted by Gasteiger charge is 2.39. The Morgan fingerprint density at radius 3 is 2.80 bits per heavy atom. The Morgan fingerprint density at radius 1 is 1.45 bits per heavy atom. The van der Waals surface area contributed by atoms with E-state index in [4.69, 9.17) is 5.11 Å². The number of β-amino-alcohol motifs (C(OH)–C–C–N with tert-alkyl or cyclic N) is 1. The summed E-state index contributed by atoms with van der Waals surface area (Å²) >= 11 is 0. The molecule has 3 N–H and O–H groups in total. The minimum absolute atomic E-state index is 0.139. The lowest BCUT2D eigenvalue weighted by Crippen LogP contribution is -2.42. The number of carboxylic acids is 1. The maximum absolute atomic E-state index is 12.3. The fourth-order valence-electron chi connectivity index (χ4n) is 3.25. The molecular formula is C14H24N2O4. The van der Waals surface area contributed by atoms with E-state index in [1.165, 1.54) is 4.90 Å². The summed E-state index contributed by atoms with van der Waals surface area (Å²) in [6.45, 7) is 4.17. The van der Waals surface area contributed by atoms with E-state index in [-0.39, 0.29) is 24.8 Å². The molecule has 0 bridgehead atoms. The predicted molar refractivity (Wildman–Crippen MR) is 73.1 cm³/mol. The van der Waals surface area contributed by atoms with Gasteiger partial charge in [-0.05, 0) is 37.8 Å². The highest BCUT2D eigenvalue weighted by atomic mass is 16.4. The molecule has 2 aliphatic rings. The maximum Gasteiger partial charge on any atom is 0.326 e. The fourth-order valence-corrected chi connectivity index (χ4v) is 3.25. The third kappa shape index (κ3) is 3.49. The Labute approximate surface area is 119 Å². The minimum Gasteiger partial charge on any atom is -0.480 e. The van der Waals surface area contributed by atoms with Gasteiger partial charge < -0.3 is 20.4 Å². The van der Waals surface area contributed by atoms with Gasteiger partial charge in [-0.15, -0.1) is 0 Å². The molecule has 6 heteroatoms. The van der Waals surface area contributed by atoms with Gasteiger partial charge in [-0.1, -0.05) is 6.92 Å². The van der Waals surface area contributed by atoms with Crippen LogP contribution >= 0.6 is 0 Å². The first-order valence-electron chi connectivity index (χ1n) is 7.40. The van der Waals surface area contributed by atoms with Gasteiger partial charge in [-0.2, -0.15) is 0 Å². The van der Waals surface area contributed by atoms with E-state index in [9.17, 15) is 14.7 Å². The summed E-state index contributed by atoms with van der Waals surface area (Å²) in [5.74, 6) is -0.458. The molecular weight excluding hydrogens is 260 g/mol. The number of aliphatic hydroxyl groups is 1. The minimum atomic E-state index is -1.03. The molecule has 6 nitrogen and oxygen atoms in total. The Kier molecular flexibility index (Phi) is 4.99. The molecule has 2 aliphatic heterocycles. The lowest BCUT2D eigenvalue weighted by Gasteiger charge is -2.30. The summed E-state index contributed by atoms with van der Waals surface area (Å²) in [5, 5.41) is 22.0. The summed E-state index contributed by atoms with van der Waals surface area (Å²) in [7, 11) is 0. The number of nitrogens with zero attached hydrogens (tertiary/aromatic N) is 1. The molecule has 0 saturated carbocycles. The Hall–Kier alpha value is -1.14. The van der Waals surface area contributed by atoms with Gasteiger partial charge in [0.05, 0.1) is 6.10 Å². The van der Waals surface area contributed by atoms with Gasteiger partial charge >= 0.3 is 5.97 Å². The molecule has 1 amide bonds. The molecule has 2 fully saturated rings. The number of rotatable bonds is 4. The SMILES string of the molecule is CC(CC(=O)N1C[C@@H](O)C[C@H]1C(=O)O)C1CCCNC1. The summed E-state index contributed by atoms with van der Waals surface area (Å²) < 4.78 is 0. The second-order valence-corrected chi connectivity index (χ2v) is 6.08. The number of piperidine rings is 1. The number of aliphatic hydroxyl groups excluding tert-OH is 1. The van der Waals surface area contributed by atoms with Gasteiger partial charge in [0.2, 0.25) is 5.91 Å². The molecule has 0 radical (unpaired) electrons. The molecule has 0 aromatic heterocycles. The molecule has 4 atom stereocenters. The third-order valence-corrected chi connectivity index (χ3v) is 4.52. The van der Waals surface area contributed by atoms with Crippen molar-refractivity contribution >= 4 is 11.9 Å².